The molecule has 1 aromatic rings. The minimum atomic E-state index is -0.631. The van der Waals surface area contributed by atoms with E-state index in [4.69, 9.17) is 9.47 Å². The highest BCUT2D eigenvalue weighted by Gasteiger charge is 2.23. The Balaban J connectivity index is 1.89. The molecule has 6 nitrogen and oxygen atoms in total. The van der Waals surface area contributed by atoms with Gasteiger partial charge in [0.1, 0.15) is 11.9 Å². The summed E-state index contributed by atoms with van der Waals surface area (Å²) in [4.78, 5) is 23.8. The van der Waals surface area contributed by atoms with Crippen molar-refractivity contribution >= 4 is 11.8 Å². The highest BCUT2D eigenvalue weighted by molar-refractivity contribution is 6.35. The van der Waals surface area contributed by atoms with Gasteiger partial charge in [0.05, 0.1) is 7.11 Å². The van der Waals surface area contributed by atoms with E-state index in [1.54, 1.807) is 14.2 Å². The summed E-state index contributed by atoms with van der Waals surface area (Å²) in [6.45, 7) is 0.202. The van der Waals surface area contributed by atoms with E-state index in [9.17, 15) is 9.59 Å². The van der Waals surface area contributed by atoms with Crippen LogP contribution in [-0.2, 0) is 14.3 Å². The van der Waals surface area contributed by atoms with Crippen molar-refractivity contribution in [3.05, 3.63) is 29.8 Å². The van der Waals surface area contributed by atoms with Crippen molar-refractivity contribution in [1.29, 1.82) is 0 Å². The SMILES string of the molecule is COc1ccccc1C(CNC(=O)C(=O)NC1CCCC1)OC. The first kappa shape index (κ1) is 17.3. The van der Waals surface area contributed by atoms with Crippen molar-refractivity contribution in [3.63, 3.8) is 0 Å². The van der Waals surface area contributed by atoms with Crippen LogP contribution in [0.1, 0.15) is 37.4 Å². The molecule has 6 heteroatoms. The van der Waals surface area contributed by atoms with E-state index in [-0.39, 0.29) is 18.7 Å². The van der Waals surface area contributed by atoms with Gasteiger partial charge in [0.15, 0.2) is 0 Å². The Bertz CT molecular complexity index is 541. The molecule has 126 valence electrons. The molecule has 0 aliphatic heterocycles. The predicted molar refractivity (Wildman–Crippen MR) is 86.2 cm³/mol. The Kier molecular flexibility index (Phi) is 6.40. The van der Waals surface area contributed by atoms with Gasteiger partial charge in [-0.15, -0.1) is 0 Å². The zero-order chi connectivity index (χ0) is 16.7. The van der Waals surface area contributed by atoms with Gasteiger partial charge >= 0.3 is 11.8 Å². The Morgan fingerprint density at radius 3 is 2.52 bits per heavy atom. The molecular formula is C17H24N2O4. The largest absolute Gasteiger partial charge is 0.496 e. The second kappa shape index (κ2) is 8.53. The van der Waals surface area contributed by atoms with Crippen LogP contribution in [0.15, 0.2) is 24.3 Å². The summed E-state index contributed by atoms with van der Waals surface area (Å²) in [5.41, 5.74) is 0.828. The van der Waals surface area contributed by atoms with Crippen LogP contribution in [0.3, 0.4) is 0 Å². The number of amides is 2. The molecule has 1 saturated carbocycles. The lowest BCUT2D eigenvalue weighted by Gasteiger charge is -2.19. The number of carbonyl (C=O) groups excluding carboxylic acids is 2. The van der Waals surface area contributed by atoms with Crippen molar-refractivity contribution in [2.45, 2.75) is 37.8 Å². The normalized spacial score (nSPS) is 15.9. The van der Waals surface area contributed by atoms with Crippen LogP contribution in [0.2, 0.25) is 0 Å². The van der Waals surface area contributed by atoms with Gasteiger partial charge in [-0.1, -0.05) is 31.0 Å². The summed E-state index contributed by atoms with van der Waals surface area (Å²) < 4.78 is 10.7. The first-order valence-electron chi connectivity index (χ1n) is 7.90. The van der Waals surface area contributed by atoms with E-state index < -0.39 is 11.8 Å². The lowest BCUT2D eigenvalue weighted by Crippen LogP contribution is -2.44. The van der Waals surface area contributed by atoms with Gasteiger partial charge in [-0.25, -0.2) is 0 Å². The smallest absolute Gasteiger partial charge is 0.309 e. The standard InChI is InChI=1S/C17H24N2O4/c1-22-14-10-6-5-9-13(14)15(23-2)11-18-16(20)17(21)19-12-7-3-4-8-12/h5-6,9-10,12,15H,3-4,7-8,11H2,1-2H3,(H,18,20)(H,19,21). The third-order valence-electron chi connectivity index (χ3n) is 4.11. The van der Waals surface area contributed by atoms with Gasteiger partial charge in [-0.2, -0.15) is 0 Å². The van der Waals surface area contributed by atoms with Gasteiger partial charge < -0.3 is 20.1 Å². The van der Waals surface area contributed by atoms with E-state index in [2.05, 4.69) is 10.6 Å². The second-order valence-corrected chi connectivity index (χ2v) is 5.63. The fourth-order valence-electron chi connectivity index (χ4n) is 2.84. The number of benzene rings is 1. The summed E-state index contributed by atoms with van der Waals surface area (Å²) >= 11 is 0. The highest BCUT2D eigenvalue weighted by Crippen LogP contribution is 2.26. The average molecular weight is 320 g/mol. The molecule has 1 fully saturated rings. The first-order chi connectivity index (χ1) is 11.2. The zero-order valence-electron chi connectivity index (χ0n) is 13.6. The topological polar surface area (TPSA) is 76.7 Å². The Morgan fingerprint density at radius 2 is 1.87 bits per heavy atom. The molecular weight excluding hydrogens is 296 g/mol. The molecule has 23 heavy (non-hydrogen) atoms. The maximum Gasteiger partial charge on any atom is 0.309 e. The van der Waals surface area contributed by atoms with Crippen molar-refractivity contribution in [1.82, 2.24) is 10.6 Å². The van der Waals surface area contributed by atoms with Crippen LogP contribution in [-0.4, -0.2) is 38.6 Å². The van der Waals surface area contributed by atoms with Crippen LogP contribution in [0, 0.1) is 0 Å². The first-order valence-corrected chi connectivity index (χ1v) is 7.90. The van der Waals surface area contributed by atoms with Gasteiger partial charge in [0.25, 0.3) is 0 Å². The van der Waals surface area contributed by atoms with Crippen LogP contribution in [0.25, 0.3) is 0 Å². The van der Waals surface area contributed by atoms with E-state index >= 15 is 0 Å². The van der Waals surface area contributed by atoms with Crippen LogP contribution >= 0.6 is 0 Å². The van der Waals surface area contributed by atoms with E-state index in [1.165, 1.54) is 0 Å². The summed E-state index contributed by atoms with van der Waals surface area (Å²) in [7, 11) is 3.14. The fraction of sp³-hybridized carbons (Fsp3) is 0.529. The summed E-state index contributed by atoms with van der Waals surface area (Å²) in [6, 6.07) is 7.57. The van der Waals surface area contributed by atoms with E-state index in [0.29, 0.717) is 5.75 Å². The Labute approximate surface area is 136 Å². The van der Waals surface area contributed by atoms with Crippen LogP contribution < -0.4 is 15.4 Å². The van der Waals surface area contributed by atoms with Crippen molar-refractivity contribution in [3.8, 4) is 5.75 Å². The number of hydrogen-bond acceptors (Lipinski definition) is 4. The van der Waals surface area contributed by atoms with Gasteiger partial charge in [0, 0.05) is 25.3 Å². The molecule has 2 rings (SSSR count). The van der Waals surface area contributed by atoms with Gasteiger partial charge in [0.2, 0.25) is 0 Å². The number of nitrogens with one attached hydrogen (secondary N) is 2. The lowest BCUT2D eigenvalue weighted by atomic mass is 10.1. The van der Waals surface area contributed by atoms with Crippen LogP contribution in [0.5, 0.6) is 5.75 Å². The molecule has 1 unspecified atom stereocenters. The third-order valence-corrected chi connectivity index (χ3v) is 4.11. The minimum Gasteiger partial charge on any atom is -0.496 e. The number of methoxy groups -OCH3 is 2. The molecule has 0 saturated heterocycles. The van der Waals surface area contributed by atoms with Crippen LogP contribution in [0.4, 0.5) is 0 Å². The Hall–Kier alpha value is -2.08. The lowest BCUT2D eigenvalue weighted by molar-refractivity contribution is -0.139. The molecule has 0 spiro atoms. The Morgan fingerprint density at radius 1 is 1.17 bits per heavy atom. The molecule has 2 amide bonds. The van der Waals surface area contributed by atoms with Gasteiger partial charge in [-0.3, -0.25) is 9.59 Å². The quantitative estimate of drug-likeness (QED) is 0.780. The maximum absolute atomic E-state index is 11.9. The number of ether oxygens (including phenoxy) is 2. The molecule has 2 N–H and O–H groups in total. The molecule has 0 heterocycles. The van der Waals surface area contributed by atoms with Gasteiger partial charge in [-0.05, 0) is 18.9 Å². The van der Waals surface area contributed by atoms with Crippen molar-refractivity contribution in [2.24, 2.45) is 0 Å². The number of para-hydroxylation sites is 1. The maximum atomic E-state index is 11.9. The molecule has 1 aliphatic carbocycles. The zero-order valence-corrected chi connectivity index (χ0v) is 13.6. The van der Waals surface area contributed by atoms with E-state index in [1.807, 2.05) is 24.3 Å². The highest BCUT2D eigenvalue weighted by atomic mass is 16.5. The minimum absolute atomic E-state index is 0.126. The number of hydrogen-bond donors (Lipinski definition) is 2. The van der Waals surface area contributed by atoms with Crippen molar-refractivity contribution in [2.75, 3.05) is 20.8 Å². The average Bonchev–Trinajstić information content (AvgIpc) is 3.08. The number of rotatable bonds is 6. The molecule has 1 aliphatic rings. The number of carbonyl (C=O) groups is 2. The van der Waals surface area contributed by atoms with E-state index in [0.717, 1.165) is 31.2 Å². The summed E-state index contributed by atoms with van der Waals surface area (Å²) in [6.07, 6.45) is 3.72. The molecule has 1 aromatic carbocycles. The molecule has 0 bridgehead atoms. The second-order valence-electron chi connectivity index (χ2n) is 5.63. The predicted octanol–water partition coefficient (Wildman–Crippen LogP) is 1.56. The fourth-order valence-corrected chi connectivity index (χ4v) is 2.84. The molecule has 0 aromatic heterocycles. The molecule has 1 atom stereocenters. The molecule has 0 radical (unpaired) electrons. The summed E-state index contributed by atoms with van der Waals surface area (Å²) in [5.74, 6) is -0.523. The van der Waals surface area contributed by atoms with Crippen molar-refractivity contribution < 1.29 is 19.1 Å². The summed E-state index contributed by atoms with van der Waals surface area (Å²) in [5, 5.41) is 5.39. The third kappa shape index (κ3) is 4.69. The monoisotopic (exact) mass is 320 g/mol.